The van der Waals surface area contributed by atoms with Crippen LogP contribution in [0.2, 0.25) is 0 Å². The molecular formula is C13H14N2O3. The van der Waals surface area contributed by atoms with Crippen LogP contribution in [0.25, 0.3) is 0 Å². The summed E-state index contributed by atoms with van der Waals surface area (Å²) in [4.78, 5) is 15.9. The van der Waals surface area contributed by atoms with E-state index in [1.807, 2.05) is 0 Å². The molecule has 2 aliphatic heterocycles. The molecule has 1 saturated heterocycles. The van der Waals surface area contributed by atoms with E-state index >= 15 is 0 Å². The lowest BCUT2D eigenvalue weighted by molar-refractivity contribution is -0.141. The molecule has 5 nitrogen and oxygen atoms in total. The number of piperidine rings is 1. The van der Waals surface area contributed by atoms with Gasteiger partial charge in [0.05, 0.1) is 11.4 Å². The highest BCUT2D eigenvalue weighted by Gasteiger charge is 2.48. The highest BCUT2D eigenvalue weighted by molar-refractivity contribution is 6.16. The van der Waals surface area contributed by atoms with Crippen molar-refractivity contribution in [2.75, 3.05) is 6.54 Å². The third-order valence-electron chi connectivity index (χ3n) is 3.81. The molecule has 1 aromatic carbocycles. The molecule has 0 spiro atoms. The van der Waals surface area contributed by atoms with E-state index in [1.54, 1.807) is 25.1 Å². The fraction of sp³-hybridized carbons (Fsp3) is 0.385. The third-order valence-corrected chi connectivity index (χ3v) is 3.81. The normalized spacial score (nSPS) is 29.4. The number of hydrogen-bond donors (Lipinski definition) is 3. The molecule has 1 aromatic rings. The van der Waals surface area contributed by atoms with Gasteiger partial charge in [0.25, 0.3) is 0 Å². The zero-order valence-corrected chi connectivity index (χ0v) is 9.97. The van der Waals surface area contributed by atoms with E-state index < -0.39 is 11.5 Å². The monoisotopic (exact) mass is 246 g/mol. The first-order valence-corrected chi connectivity index (χ1v) is 5.93. The van der Waals surface area contributed by atoms with Gasteiger partial charge in [0.2, 0.25) is 0 Å². The Morgan fingerprint density at radius 3 is 3.06 bits per heavy atom. The molecule has 2 unspecified atom stereocenters. The van der Waals surface area contributed by atoms with Gasteiger partial charge >= 0.3 is 5.97 Å². The number of nitrogens with one attached hydrogen (secondary N) is 1. The van der Waals surface area contributed by atoms with Crippen molar-refractivity contribution in [2.24, 2.45) is 4.99 Å². The van der Waals surface area contributed by atoms with Crippen LogP contribution in [0.3, 0.4) is 0 Å². The van der Waals surface area contributed by atoms with Gasteiger partial charge in [-0.25, -0.2) is 4.79 Å². The molecule has 0 radical (unpaired) electrons. The van der Waals surface area contributed by atoms with Crippen LogP contribution in [0.5, 0.6) is 5.75 Å². The number of carbonyl (C=O) groups is 1. The van der Waals surface area contributed by atoms with Gasteiger partial charge < -0.3 is 10.2 Å². The maximum Gasteiger partial charge on any atom is 0.329 e. The SMILES string of the molecule is CC1(C(=O)O)NCCC2C1=Nc1ccc(O)cc12. The quantitative estimate of drug-likeness (QED) is 0.699. The van der Waals surface area contributed by atoms with Crippen molar-refractivity contribution in [2.45, 2.75) is 24.8 Å². The number of aliphatic carboxylic acids is 1. The minimum atomic E-state index is -1.11. The lowest BCUT2D eigenvalue weighted by atomic mass is 9.79. The summed E-state index contributed by atoms with van der Waals surface area (Å²) in [6, 6.07) is 4.99. The summed E-state index contributed by atoms with van der Waals surface area (Å²) in [5.74, 6) is -0.724. The summed E-state index contributed by atoms with van der Waals surface area (Å²) in [6.45, 7) is 2.27. The number of nitrogens with zero attached hydrogens (tertiary/aromatic N) is 1. The van der Waals surface area contributed by atoms with E-state index in [4.69, 9.17) is 0 Å². The Balaban J connectivity index is 2.11. The van der Waals surface area contributed by atoms with E-state index in [0.29, 0.717) is 12.3 Å². The maximum atomic E-state index is 11.4. The van der Waals surface area contributed by atoms with Crippen LogP contribution in [0.15, 0.2) is 23.2 Å². The minimum absolute atomic E-state index is 0.00514. The van der Waals surface area contributed by atoms with Gasteiger partial charge in [0.15, 0.2) is 5.54 Å². The molecule has 0 aliphatic carbocycles. The summed E-state index contributed by atoms with van der Waals surface area (Å²) in [6.07, 6.45) is 0.804. The van der Waals surface area contributed by atoms with Crippen LogP contribution in [-0.4, -0.2) is 34.0 Å². The predicted molar refractivity (Wildman–Crippen MR) is 66.6 cm³/mol. The number of rotatable bonds is 1. The van der Waals surface area contributed by atoms with Gasteiger partial charge in [-0.1, -0.05) is 0 Å². The molecule has 2 aliphatic rings. The second kappa shape index (κ2) is 3.55. The molecule has 5 heteroatoms. The molecule has 18 heavy (non-hydrogen) atoms. The smallest absolute Gasteiger partial charge is 0.329 e. The molecule has 2 heterocycles. The standard InChI is InChI=1S/C13H14N2O3/c1-13(12(17)18)11-8(4-5-14-13)9-6-7(16)2-3-10(9)15-11/h2-3,6,8,14,16H,4-5H2,1H3,(H,17,18). The Bertz CT molecular complexity index is 567. The summed E-state index contributed by atoms with van der Waals surface area (Å²) in [5.41, 5.74) is 1.22. The van der Waals surface area contributed by atoms with Crippen molar-refractivity contribution in [1.29, 1.82) is 0 Å². The van der Waals surface area contributed by atoms with Crippen molar-refractivity contribution >= 4 is 17.4 Å². The first kappa shape index (κ1) is 11.2. The zero-order valence-electron chi connectivity index (χ0n) is 9.97. The van der Waals surface area contributed by atoms with Crippen LogP contribution < -0.4 is 5.32 Å². The first-order valence-electron chi connectivity index (χ1n) is 5.93. The highest BCUT2D eigenvalue weighted by Crippen LogP contribution is 2.43. The molecular weight excluding hydrogens is 232 g/mol. The van der Waals surface area contributed by atoms with Crippen molar-refractivity contribution in [3.63, 3.8) is 0 Å². The minimum Gasteiger partial charge on any atom is -0.508 e. The molecule has 2 atom stereocenters. The molecule has 0 bridgehead atoms. The Morgan fingerprint density at radius 2 is 2.33 bits per heavy atom. The van der Waals surface area contributed by atoms with Crippen molar-refractivity contribution in [1.82, 2.24) is 5.32 Å². The number of phenolic OH excluding ortho intramolecular Hbond substituents is 1. The fourth-order valence-corrected chi connectivity index (χ4v) is 2.77. The van der Waals surface area contributed by atoms with Crippen molar-refractivity contribution in [3.05, 3.63) is 23.8 Å². The number of aliphatic imine (C=N–C) groups is 1. The number of aromatic hydroxyl groups is 1. The Kier molecular flexibility index (Phi) is 2.22. The average molecular weight is 246 g/mol. The third kappa shape index (κ3) is 1.37. The molecule has 3 N–H and O–H groups in total. The lowest BCUT2D eigenvalue weighted by Crippen LogP contribution is -2.60. The van der Waals surface area contributed by atoms with E-state index in [9.17, 15) is 15.0 Å². The predicted octanol–water partition coefficient (Wildman–Crippen LogP) is 1.40. The first-order chi connectivity index (χ1) is 8.52. The Morgan fingerprint density at radius 1 is 1.56 bits per heavy atom. The number of carboxylic acids is 1. The summed E-state index contributed by atoms with van der Waals surface area (Å²) < 4.78 is 0. The van der Waals surface area contributed by atoms with Crippen molar-refractivity contribution < 1.29 is 15.0 Å². The van der Waals surface area contributed by atoms with Gasteiger partial charge in [-0.15, -0.1) is 0 Å². The van der Waals surface area contributed by atoms with Crippen LogP contribution in [0.4, 0.5) is 5.69 Å². The van der Waals surface area contributed by atoms with Gasteiger partial charge in [-0.3, -0.25) is 10.3 Å². The molecule has 94 valence electrons. The summed E-state index contributed by atoms with van der Waals surface area (Å²) >= 11 is 0. The molecule has 1 fully saturated rings. The van der Waals surface area contributed by atoms with Crippen LogP contribution in [-0.2, 0) is 4.79 Å². The fourth-order valence-electron chi connectivity index (χ4n) is 2.77. The molecule has 0 saturated carbocycles. The molecule has 0 aromatic heterocycles. The van der Waals surface area contributed by atoms with Crippen LogP contribution in [0, 0.1) is 0 Å². The summed E-state index contributed by atoms with van der Waals surface area (Å²) in [7, 11) is 0. The van der Waals surface area contributed by atoms with Gasteiger partial charge in [0.1, 0.15) is 5.75 Å². The number of benzene rings is 1. The topological polar surface area (TPSA) is 81.9 Å². The molecule has 3 rings (SSSR count). The number of carboxylic acid groups (broad SMARTS) is 1. The van der Waals surface area contributed by atoms with Gasteiger partial charge in [0, 0.05) is 5.92 Å². The van der Waals surface area contributed by atoms with Crippen LogP contribution >= 0.6 is 0 Å². The Hall–Kier alpha value is -1.88. The number of hydrogen-bond acceptors (Lipinski definition) is 4. The van der Waals surface area contributed by atoms with E-state index in [0.717, 1.165) is 17.7 Å². The van der Waals surface area contributed by atoms with Gasteiger partial charge in [-0.05, 0) is 43.7 Å². The molecule has 0 amide bonds. The van der Waals surface area contributed by atoms with Crippen LogP contribution in [0.1, 0.15) is 24.8 Å². The second-order valence-corrected chi connectivity index (χ2v) is 4.94. The number of phenols is 1. The summed E-state index contributed by atoms with van der Waals surface area (Å²) in [5, 5.41) is 22.0. The van der Waals surface area contributed by atoms with E-state index in [1.165, 1.54) is 0 Å². The highest BCUT2D eigenvalue weighted by atomic mass is 16.4. The lowest BCUT2D eigenvalue weighted by Gasteiger charge is -2.35. The zero-order chi connectivity index (χ0) is 12.9. The van der Waals surface area contributed by atoms with Crippen molar-refractivity contribution in [3.8, 4) is 5.75 Å². The number of fused-ring (bicyclic) bond motifs is 3. The second-order valence-electron chi connectivity index (χ2n) is 4.94. The average Bonchev–Trinajstić information content (AvgIpc) is 2.69. The van der Waals surface area contributed by atoms with E-state index in [-0.39, 0.29) is 11.7 Å². The van der Waals surface area contributed by atoms with E-state index in [2.05, 4.69) is 10.3 Å². The van der Waals surface area contributed by atoms with Gasteiger partial charge in [-0.2, -0.15) is 0 Å². The maximum absolute atomic E-state index is 11.4. The largest absolute Gasteiger partial charge is 0.508 e. The Labute approximate surface area is 104 Å².